The van der Waals surface area contributed by atoms with Gasteiger partial charge in [-0.15, -0.1) is 10.2 Å². The number of aromatic nitrogens is 5. The zero-order chi connectivity index (χ0) is 13.8. The van der Waals surface area contributed by atoms with E-state index in [-0.39, 0.29) is 0 Å². The fraction of sp³-hybridized carbons (Fsp3) is 0.500. The largest absolute Gasteiger partial charge is 0.370 e. The lowest BCUT2D eigenvalue weighted by atomic mass is 10.4. The van der Waals surface area contributed by atoms with Gasteiger partial charge in [0.1, 0.15) is 17.5 Å². The van der Waals surface area contributed by atoms with E-state index in [0.29, 0.717) is 5.75 Å². The van der Waals surface area contributed by atoms with Gasteiger partial charge >= 0.3 is 0 Å². The van der Waals surface area contributed by atoms with Crippen molar-refractivity contribution >= 4 is 17.6 Å². The highest BCUT2D eigenvalue weighted by atomic mass is 32.2. The Morgan fingerprint density at radius 2 is 2.05 bits per heavy atom. The first-order valence-corrected chi connectivity index (χ1v) is 7.16. The van der Waals surface area contributed by atoms with Gasteiger partial charge < -0.3 is 9.88 Å². The van der Waals surface area contributed by atoms with Crippen LogP contribution >= 0.6 is 11.8 Å². The zero-order valence-corrected chi connectivity index (χ0v) is 12.5. The fourth-order valence-corrected chi connectivity index (χ4v) is 2.42. The van der Waals surface area contributed by atoms with Crippen molar-refractivity contribution in [1.29, 1.82) is 0 Å². The van der Waals surface area contributed by atoms with Gasteiger partial charge in [0, 0.05) is 25.4 Å². The zero-order valence-electron chi connectivity index (χ0n) is 11.6. The van der Waals surface area contributed by atoms with E-state index in [9.17, 15) is 0 Å². The lowest BCUT2D eigenvalue weighted by Crippen LogP contribution is -2.04. The van der Waals surface area contributed by atoms with Crippen LogP contribution in [0.5, 0.6) is 0 Å². The summed E-state index contributed by atoms with van der Waals surface area (Å²) in [7, 11) is 1.96. The van der Waals surface area contributed by atoms with Crippen molar-refractivity contribution in [2.45, 2.75) is 31.7 Å². The van der Waals surface area contributed by atoms with Crippen molar-refractivity contribution in [1.82, 2.24) is 24.7 Å². The molecule has 2 aromatic rings. The predicted octanol–water partition coefficient (Wildman–Crippen LogP) is 1.95. The van der Waals surface area contributed by atoms with E-state index in [1.807, 2.05) is 38.5 Å². The number of nitrogens with one attached hydrogen (secondary N) is 1. The van der Waals surface area contributed by atoms with Crippen LogP contribution in [-0.2, 0) is 12.8 Å². The molecular formula is C12H18N6S. The molecule has 0 fully saturated rings. The summed E-state index contributed by atoms with van der Waals surface area (Å²) in [5, 5.41) is 12.2. The Bertz CT molecular complexity index is 565. The molecule has 0 amide bonds. The predicted molar refractivity (Wildman–Crippen MR) is 76.2 cm³/mol. The molecule has 0 radical (unpaired) electrons. The molecule has 0 aliphatic carbocycles. The lowest BCUT2D eigenvalue weighted by molar-refractivity contribution is 0.764. The van der Waals surface area contributed by atoms with Crippen LogP contribution in [0, 0.1) is 13.8 Å². The highest BCUT2D eigenvalue weighted by Crippen LogP contribution is 2.20. The Morgan fingerprint density at radius 1 is 1.26 bits per heavy atom. The smallest absolute Gasteiger partial charge is 0.191 e. The highest BCUT2D eigenvalue weighted by molar-refractivity contribution is 7.98. The normalized spacial score (nSPS) is 10.7. The summed E-state index contributed by atoms with van der Waals surface area (Å²) in [6.45, 7) is 6.81. The van der Waals surface area contributed by atoms with Crippen molar-refractivity contribution in [3.8, 4) is 0 Å². The molecule has 2 heterocycles. The standard InChI is InChI=1S/C12H18N6S/c1-5-13-10-6-8(2)14-11(15-10)7-19-12-17-16-9(3)18(12)4/h6H,5,7H2,1-4H3,(H,13,14,15). The maximum atomic E-state index is 4.47. The number of hydrogen-bond donors (Lipinski definition) is 1. The molecule has 0 saturated carbocycles. The first-order valence-electron chi connectivity index (χ1n) is 6.17. The van der Waals surface area contributed by atoms with E-state index >= 15 is 0 Å². The van der Waals surface area contributed by atoms with Crippen molar-refractivity contribution in [2.75, 3.05) is 11.9 Å². The lowest BCUT2D eigenvalue weighted by Gasteiger charge is -2.06. The summed E-state index contributed by atoms with van der Waals surface area (Å²) in [6.07, 6.45) is 0. The van der Waals surface area contributed by atoms with E-state index in [1.54, 1.807) is 11.8 Å². The molecule has 0 aliphatic rings. The third kappa shape index (κ3) is 3.44. The van der Waals surface area contributed by atoms with Crippen LogP contribution in [0.2, 0.25) is 0 Å². The van der Waals surface area contributed by atoms with Gasteiger partial charge in [-0.05, 0) is 20.8 Å². The highest BCUT2D eigenvalue weighted by Gasteiger charge is 2.08. The van der Waals surface area contributed by atoms with Crippen LogP contribution in [0.15, 0.2) is 11.2 Å². The van der Waals surface area contributed by atoms with Gasteiger partial charge in [0.05, 0.1) is 5.75 Å². The molecule has 1 N–H and O–H groups in total. The van der Waals surface area contributed by atoms with Crippen molar-refractivity contribution in [3.63, 3.8) is 0 Å². The Hall–Kier alpha value is -1.63. The summed E-state index contributed by atoms with van der Waals surface area (Å²) in [4.78, 5) is 8.91. The molecule has 6 nitrogen and oxygen atoms in total. The summed E-state index contributed by atoms with van der Waals surface area (Å²) in [6, 6.07) is 1.95. The average molecular weight is 278 g/mol. The SMILES string of the molecule is CCNc1cc(C)nc(CSc2nnc(C)n2C)n1. The van der Waals surface area contributed by atoms with Gasteiger partial charge in [0.15, 0.2) is 5.16 Å². The van der Waals surface area contributed by atoms with Gasteiger partial charge in [-0.1, -0.05) is 11.8 Å². The first-order chi connectivity index (χ1) is 9.10. The Kier molecular flexibility index (Phi) is 4.36. The molecule has 2 aromatic heterocycles. The maximum Gasteiger partial charge on any atom is 0.191 e. The number of anilines is 1. The van der Waals surface area contributed by atoms with E-state index in [1.165, 1.54) is 0 Å². The third-order valence-corrected chi connectivity index (χ3v) is 3.66. The molecule has 0 bridgehead atoms. The minimum absolute atomic E-state index is 0.687. The van der Waals surface area contributed by atoms with E-state index in [4.69, 9.17) is 0 Å². The molecule has 19 heavy (non-hydrogen) atoms. The van der Waals surface area contributed by atoms with E-state index < -0.39 is 0 Å². The van der Waals surface area contributed by atoms with Gasteiger partial charge in [-0.25, -0.2) is 9.97 Å². The number of rotatable bonds is 5. The molecule has 0 atom stereocenters. The second-order valence-electron chi connectivity index (χ2n) is 4.22. The van der Waals surface area contributed by atoms with Crippen LogP contribution in [0.25, 0.3) is 0 Å². The van der Waals surface area contributed by atoms with Gasteiger partial charge in [-0.3, -0.25) is 0 Å². The second kappa shape index (κ2) is 6.01. The first kappa shape index (κ1) is 13.8. The maximum absolute atomic E-state index is 4.47. The molecule has 2 rings (SSSR count). The van der Waals surface area contributed by atoms with E-state index in [0.717, 1.165) is 34.9 Å². The minimum atomic E-state index is 0.687. The third-order valence-electron chi connectivity index (χ3n) is 2.64. The molecule has 0 spiro atoms. The summed E-state index contributed by atoms with van der Waals surface area (Å²) in [5.74, 6) is 3.27. The Labute approximate surface area is 117 Å². The molecule has 102 valence electrons. The van der Waals surface area contributed by atoms with Crippen molar-refractivity contribution in [2.24, 2.45) is 7.05 Å². The molecule has 0 unspecified atom stereocenters. The van der Waals surface area contributed by atoms with Crippen LogP contribution in [-0.4, -0.2) is 31.3 Å². The molecule has 0 saturated heterocycles. The topological polar surface area (TPSA) is 68.5 Å². The van der Waals surface area contributed by atoms with Crippen LogP contribution < -0.4 is 5.32 Å². The monoisotopic (exact) mass is 278 g/mol. The summed E-state index contributed by atoms with van der Waals surface area (Å²) >= 11 is 1.59. The van der Waals surface area contributed by atoms with Gasteiger partial charge in [-0.2, -0.15) is 0 Å². The minimum Gasteiger partial charge on any atom is -0.370 e. The van der Waals surface area contributed by atoms with Gasteiger partial charge in [0.25, 0.3) is 0 Å². The Balaban J connectivity index is 2.08. The molecule has 0 aromatic carbocycles. The molecule has 7 heteroatoms. The molecular weight excluding hydrogens is 260 g/mol. The Morgan fingerprint density at radius 3 is 2.68 bits per heavy atom. The summed E-state index contributed by atoms with van der Waals surface area (Å²) in [5.41, 5.74) is 0.968. The quantitative estimate of drug-likeness (QED) is 0.843. The molecule has 0 aliphatic heterocycles. The fourth-order valence-electron chi connectivity index (χ4n) is 1.61. The average Bonchev–Trinajstić information content (AvgIpc) is 2.67. The number of nitrogens with zero attached hydrogens (tertiary/aromatic N) is 5. The second-order valence-corrected chi connectivity index (χ2v) is 5.16. The van der Waals surface area contributed by atoms with Crippen LogP contribution in [0.1, 0.15) is 24.3 Å². The van der Waals surface area contributed by atoms with Crippen molar-refractivity contribution < 1.29 is 0 Å². The number of thioether (sulfide) groups is 1. The number of aryl methyl sites for hydroxylation is 2. The van der Waals surface area contributed by atoms with Crippen LogP contribution in [0.4, 0.5) is 5.82 Å². The number of hydrogen-bond acceptors (Lipinski definition) is 6. The van der Waals surface area contributed by atoms with Crippen molar-refractivity contribution in [3.05, 3.63) is 23.4 Å². The van der Waals surface area contributed by atoms with E-state index in [2.05, 4.69) is 25.5 Å². The van der Waals surface area contributed by atoms with Crippen LogP contribution in [0.3, 0.4) is 0 Å². The summed E-state index contributed by atoms with van der Waals surface area (Å²) < 4.78 is 1.96. The van der Waals surface area contributed by atoms with Gasteiger partial charge in [0.2, 0.25) is 0 Å².